The van der Waals surface area contributed by atoms with Gasteiger partial charge in [0.15, 0.2) is 0 Å². The molecule has 0 saturated carbocycles. The van der Waals surface area contributed by atoms with E-state index in [2.05, 4.69) is 10.3 Å². The quantitative estimate of drug-likeness (QED) is 0.323. The van der Waals surface area contributed by atoms with E-state index < -0.39 is 12.0 Å². The molecular weight excluding hydrogens is 448 g/mol. The van der Waals surface area contributed by atoms with E-state index in [4.69, 9.17) is 9.15 Å². The van der Waals surface area contributed by atoms with Crippen molar-refractivity contribution in [2.24, 2.45) is 0 Å². The highest BCUT2D eigenvalue weighted by Crippen LogP contribution is 2.19. The Morgan fingerprint density at radius 3 is 2.26 bits per heavy atom. The van der Waals surface area contributed by atoms with Gasteiger partial charge in [0.05, 0.1) is 0 Å². The van der Waals surface area contributed by atoms with Crippen molar-refractivity contribution >= 4 is 23.6 Å². The maximum Gasteiger partial charge on any atom is 0.329 e. The SMILES string of the molecule is O=C(N[C@@H](CSCc1ccccc1)C(=O)OCc1coc(-c2ccccc2)n1)c1ccccc1. The number of rotatable bonds is 10. The first kappa shape index (κ1) is 23.3. The minimum absolute atomic E-state index is 0.0454. The number of amides is 1. The number of benzene rings is 3. The molecule has 6 nitrogen and oxygen atoms in total. The van der Waals surface area contributed by atoms with Crippen LogP contribution >= 0.6 is 11.8 Å². The lowest BCUT2D eigenvalue weighted by Crippen LogP contribution is -2.43. The summed E-state index contributed by atoms with van der Waals surface area (Å²) in [5.41, 5.74) is 2.96. The molecule has 7 heteroatoms. The van der Waals surface area contributed by atoms with Gasteiger partial charge < -0.3 is 14.5 Å². The maximum absolute atomic E-state index is 12.9. The van der Waals surface area contributed by atoms with Crippen molar-refractivity contribution in [2.45, 2.75) is 18.4 Å². The minimum Gasteiger partial charge on any atom is -0.457 e. The normalized spacial score (nSPS) is 11.5. The molecular formula is C27H24N2O4S. The van der Waals surface area contributed by atoms with E-state index in [1.54, 1.807) is 36.0 Å². The van der Waals surface area contributed by atoms with Crippen LogP contribution < -0.4 is 5.32 Å². The summed E-state index contributed by atoms with van der Waals surface area (Å²) in [4.78, 5) is 30.0. The van der Waals surface area contributed by atoms with Crippen LogP contribution in [0.15, 0.2) is 102 Å². The van der Waals surface area contributed by atoms with Gasteiger partial charge in [0, 0.05) is 22.6 Å². The van der Waals surface area contributed by atoms with Crippen molar-refractivity contribution in [1.82, 2.24) is 10.3 Å². The maximum atomic E-state index is 12.9. The molecule has 4 aromatic rings. The van der Waals surface area contributed by atoms with Crippen LogP contribution in [0.2, 0.25) is 0 Å². The average molecular weight is 473 g/mol. The Morgan fingerprint density at radius 1 is 0.912 bits per heavy atom. The monoisotopic (exact) mass is 472 g/mol. The number of carbonyl (C=O) groups excluding carboxylic acids is 2. The second kappa shape index (κ2) is 11.9. The molecule has 0 spiro atoms. The largest absolute Gasteiger partial charge is 0.457 e. The zero-order chi connectivity index (χ0) is 23.6. The molecule has 34 heavy (non-hydrogen) atoms. The number of aromatic nitrogens is 1. The molecule has 0 aliphatic rings. The summed E-state index contributed by atoms with van der Waals surface area (Å²) in [6.07, 6.45) is 1.47. The van der Waals surface area contributed by atoms with E-state index in [1.807, 2.05) is 66.7 Å². The van der Waals surface area contributed by atoms with Gasteiger partial charge in [0.2, 0.25) is 5.89 Å². The number of carbonyl (C=O) groups is 2. The van der Waals surface area contributed by atoms with Crippen molar-refractivity contribution < 1.29 is 18.7 Å². The van der Waals surface area contributed by atoms with Crippen molar-refractivity contribution in [3.63, 3.8) is 0 Å². The number of thioether (sulfide) groups is 1. The second-order valence-electron chi connectivity index (χ2n) is 7.51. The predicted molar refractivity (Wildman–Crippen MR) is 132 cm³/mol. The lowest BCUT2D eigenvalue weighted by atomic mass is 10.2. The molecule has 1 atom stereocenters. The molecule has 0 fully saturated rings. The number of ether oxygens (including phenoxy) is 1. The van der Waals surface area contributed by atoms with Gasteiger partial charge >= 0.3 is 5.97 Å². The smallest absolute Gasteiger partial charge is 0.329 e. The summed E-state index contributed by atoms with van der Waals surface area (Å²) in [5.74, 6) is 0.708. The first-order valence-corrected chi connectivity index (χ1v) is 12.0. The number of oxazole rings is 1. The van der Waals surface area contributed by atoms with E-state index in [0.717, 1.165) is 16.9 Å². The zero-order valence-corrected chi connectivity index (χ0v) is 19.2. The molecule has 172 valence electrons. The fourth-order valence-electron chi connectivity index (χ4n) is 3.20. The predicted octanol–water partition coefficient (Wildman–Crippen LogP) is 5.12. The summed E-state index contributed by atoms with van der Waals surface area (Å²) in [6, 6.07) is 27.4. The van der Waals surface area contributed by atoms with Crippen molar-refractivity contribution in [3.8, 4) is 11.5 Å². The van der Waals surface area contributed by atoms with E-state index in [-0.39, 0.29) is 12.5 Å². The highest BCUT2D eigenvalue weighted by atomic mass is 32.2. The van der Waals surface area contributed by atoms with Gasteiger partial charge in [-0.2, -0.15) is 11.8 Å². The summed E-state index contributed by atoms with van der Waals surface area (Å²) in [5, 5.41) is 2.81. The first-order valence-electron chi connectivity index (χ1n) is 10.8. The topological polar surface area (TPSA) is 81.4 Å². The minimum atomic E-state index is -0.804. The third-order valence-electron chi connectivity index (χ3n) is 4.96. The molecule has 0 aliphatic heterocycles. The van der Waals surface area contributed by atoms with Crippen LogP contribution in [0.25, 0.3) is 11.5 Å². The summed E-state index contributed by atoms with van der Waals surface area (Å²) < 4.78 is 11.0. The fraction of sp³-hybridized carbons (Fsp3) is 0.148. The highest BCUT2D eigenvalue weighted by Gasteiger charge is 2.23. The molecule has 1 amide bonds. The number of hydrogen-bond donors (Lipinski definition) is 1. The lowest BCUT2D eigenvalue weighted by molar-refractivity contribution is -0.146. The lowest BCUT2D eigenvalue weighted by Gasteiger charge is -2.17. The summed E-state index contributed by atoms with van der Waals surface area (Å²) in [7, 11) is 0. The molecule has 0 aliphatic carbocycles. The number of esters is 1. The van der Waals surface area contributed by atoms with Crippen LogP contribution in [0.3, 0.4) is 0 Å². The molecule has 0 radical (unpaired) electrons. The first-order chi connectivity index (χ1) is 16.7. The molecule has 0 bridgehead atoms. The van der Waals surface area contributed by atoms with Crippen molar-refractivity contribution in [3.05, 3.63) is 114 Å². The molecule has 0 saturated heterocycles. The van der Waals surface area contributed by atoms with Gasteiger partial charge in [-0.25, -0.2) is 9.78 Å². The molecule has 1 N–H and O–H groups in total. The van der Waals surface area contributed by atoms with Crippen LogP contribution in [0.4, 0.5) is 0 Å². The van der Waals surface area contributed by atoms with Crippen molar-refractivity contribution in [1.29, 1.82) is 0 Å². The number of nitrogens with one attached hydrogen (secondary N) is 1. The van der Waals surface area contributed by atoms with Crippen LogP contribution in [0, 0.1) is 0 Å². The molecule has 3 aromatic carbocycles. The van der Waals surface area contributed by atoms with E-state index >= 15 is 0 Å². The van der Waals surface area contributed by atoms with Crippen LogP contribution in [-0.4, -0.2) is 28.7 Å². The Morgan fingerprint density at radius 2 is 1.56 bits per heavy atom. The Hall–Kier alpha value is -3.84. The van der Waals surface area contributed by atoms with Gasteiger partial charge in [0.1, 0.15) is 24.6 Å². The van der Waals surface area contributed by atoms with Crippen LogP contribution in [0.5, 0.6) is 0 Å². The van der Waals surface area contributed by atoms with Gasteiger partial charge in [-0.05, 0) is 29.8 Å². The highest BCUT2D eigenvalue weighted by molar-refractivity contribution is 7.98. The van der Waals surface area contributed by atoms with Gasteiger partial charge in [-0.1, -0.05) is 66.7 Å². The zero-order valence-electron chi connectivity index (χ0n) is 18.4. The van der Waals surface area contributed by atoms with E-state index in [9.17, 15) is 9.59 Å². The van der Waals surface area contributed by atoms with Crippen LogP contribution in [0.1, 0.15) is 21.6 Å². The van der Waals surface area contributed by atoms with Crippen molar-refractivity contribution in [2.75, 3.05) is 5.75 Å². The Bertz CT molecular complexity index is 1200. The molecule has 1 heterocycles. The number of hydrogen-bond acceptors (Lipinski definition) is 6. The summed E-state index contributed by atoms with van der Waals surface area (Å²) >= 11 is 1.55. The van der Waals surface area contributed by atoms with Gasteiger partial charge in [-0.3, -0.25) is 4.79 Å². The Labute approximate surface area is 202 Å². The molecule has 1 aromatic heterocycles. The third-order valence-corrected chi connectivity index (χ3v) is 6.06. The third kappa shape index (κ3) is 6.59. The molecule has 0 unspecified atom stereocenters. The van der Waals surface area contributed by atoms with E-state index in [1.165, 1.54) is 6.26 Å². The van der Waals surface area contributed by atoms with E-state index in [0.29, 0.717) is 22.9 Å². The molecule has 4 rings (SSSR count). The van der Waals surface area contributed by atoms with Crippen LogP contribution in [-0.2, 0) is 21.9 Å². The summed E-state index contributed by atoms with van der Waals surface area (Å²) in [6.45, 7) is -0.0454. The second-order valence-corrected chi connectivity index (χ2v) is 8.54. The standard InChI is InChI=1S/C27H24N2O4S/c30-25(21-12-6-2-7-13-21)29-24(19-34-18-20-10-4-1-5-11-20)27(31)33-17-23-16-32-26(28-23)22-14-8-3-9-15-22/h1-16,24H,17-19H2,(H,29,30)/t24-/m0/s1. The van der Waals surface area contributed by atoms with Gasteiger partial charge in [-0.15, -0.1) is 0 Å². The number of nitrogens with zero attached hydrogens (tertiary/aromatic N) is 1. The Kier molecular flexibility index (Phi) is 8.13. The fourth-order valence-corrected chi connectivity index (χ4v) is 4.20. The Balaban J connectivity index is 1.38. The van der Waals surface area contributed by atoms with Gasteiger partial charge in [0.25, 0.3) is 5.91 Å². The average Bonchev–Trinajstić information content (AvgIpc) is 3.37.